The molecule has 2 N–H and O–H groups in total. The van der Waals surface area contributed by atoms with E-state index in [-0.39, 0.29) is 6.10 Å². The topological polar surface area (TPSA) is 88.2 Å². The number of hydrogen-bond acceptors (Lipinski definition) is 8. The Morgan fingerprint density at radius 3 is 2.86 bits per heavy atom. The average Bonchev–Trinajstić information content (AvgIpc) is 3.33. The summed E-state index contributed by atoms with van der Waals surface area (Å²) in [5.74, 6) is 1.49. The third-order valence-corrected chi connectivity index (χ3v) is 7.56. The van der Waals surface area contributed by atoms with Crippen molar-refractivity contribution in [1.82, 2.24) is 24.8 Å². The predicted octanol–water partition coefficient (Wildman–Crippen LogP) is 5.56. The fraction of sp³-hybridized carbons (Fsp3) is 0.346. The van der Waals surface area contributed by atoms with Crippen molar-refractivity contribution in [1.29, 1.82) is 0 Å². The lowest BCUT2D eigenvalue weighted by Gasteiger charge is -2.29. The number of anilines is 2. The van der Waals surface area contributed by atoms with Gasteiger partial charge in [-0.3, -0.25) is 0 Å². The number of fused-ring (bicyclic) bond motifs is 1. The lowest BCUT2D eigenvalue weighted by molar-refractivity contribution is 0.116. The standard InChI is InChI=1S/C26H29ClN6O2S/c1-33-11-8-19(9-12-33)35-22-5-3-4-21-24(22)25(30-16-29-21)31-17-6-7-23(20(27)14-17)36-26-28-15-18(32-26)10-13-34-2/h3-7,14-16,19H,8-13H2,1-2H3,(H,28,32)(H,29,30,31). The molecule has 1 aliphatic rings. The minimum Gasteiger partial charge on any atom is -0.489 e. The summed E-state index contributed by atoms with van der Waals surface area (Å²) in [7, 11) is 3.83. The highest BCUT2D eigenvalue weighted by Crippen LogP contribution is 2.36. The molecule has 36 heavy (non-hydrogen) atoms. The number of hydrogen-bond donors (Lipinski definition) is 2. The molecule has 3 heterocycles. The molecule has 5 rings (SSSR count). The van der Waals surface area contributed by atoms with E-state index in [1.54, 1.807) is 13.4 Å². The first-order valence-corrected chi connectivity index (χ1v) is 13.1. The lowest BCUT2D eigenvalue weighted by atomic mass is 10.1. The van der Waals surface area contributed by atoms with Gasteiger partial charge in [0.25, 0.3) is 0 Å². The van der Waals surface area contributed by atoms with E-state index in [0.29, 0.717) is 17.4 Å². The van der Waals surface area contributed by atoms with E-state index in [9.17, 15) is 0 Å². The van der Waals surface area contributed by atoms with Crippen LogP contribution < -0.4 is 10.1 Å². The van der Waals surface area contributed by atoms with Crippen LogP contribution in [0.4, 0.5) is 11.5 Å². The van der Waals surface area contributed by atoms with Crippen molar-refractivity contribution in [2.75, 3.05) is 39.2 Å². The Kier molecular flexibility index (Phi) is 7.91. The van der Waals surface area contributed by atoms with Crippen LogP contribution in [0.15, 0.2) is 59.0 Å². The number of halogens is 1. The maximum Gasteiger partial charge on any atom is 0.170 e. The maximum atomic E-state index is 6.64. The number of aromatic nitrogens is 4. The first-order chi connectivity index (χ1) is 17.6. The van der Waals surface area contributed by atoms with Crippen LogP contribution in [0.1, 0.15) is 18.5 Å². The Morgan fingerprint density at radius 1 is 1.19 bits per heavy atom. The van der Waals surface area contributed by atoms with E-state index in [0.717, 1.165) is 70.4 Å². The van der Waals surface area contributed by atoms with Crippen LogP contribution in [-0.2, 0) is 11.2 Å². The van der Waals surface area contributed by atoms with Gasteiger partial charge in [0.1, 0.15) is 24.0 Å². The van der Waals surface area contributed by atoms with Crippen molar-refractivity contribution in [3.8, 4) is 5.75 Å². The van der Waals surface area contributed by atoms with Crippen molar-refractivity contribution in [2.24, 2.45) is 0 Å². The molecule has 2 aromatic carbocycles. The van der Waals surface area contributed by atoms with Crippen molar-refractivity contribution >= 4 is 45.8 Å². The molecule has 8 nitrogen and oxygen atoms in total. The minimum absolute atomic E-state index is 0.183. The van der Waals surface area contributed by atoms with Crippen LogP contribution in [0.2, 0.25) is 5.02 Å². The van der Waals surface area contributed by atoms with E-state index in [2.05, 4.69) is 37.2 Å². The maximum absolute atomic E-state index is 6.64. The summed E-state index contributed by atoms with van der Waals surface area (Å²) in [6, 6.07) is 11.8. The molecule has 1 saturated heterocycles. The summed E-state index contributed by atoms with van der Waals surface area (Å²) >= 11 is 8.13. The van der Waals surface area contributed by atoms with Gasteiger partial charge in [-0.05, 0) is 50.2 Å². The highest BCUT2D eigenvalue weighted by atomic mass is 35.5. The van der Waals surface area contributed by atoms with Gasteiger partial charge in [-0.25, -0.2) is 15.0 Å². The van der Waals surface area contributed by atoms with Crippen LogP contribution >= 0.6 is 23.4 Å². The fourth-order valence-electron chi connectivity index (χ4n) is 4.18. The predicted molar refractivity (Wildman–Crippen MR) is 144 cm³/mol. The first-order valence-electron chi connectivity index (χ1n) is 12.0. The van der Waals surface area contributed by atoms with Crippen LogP contribution in [0.25, 0.3) is 10.9 Å². The normalized spacial score (nSPS) is 14.9. The number of imidazole rings is 1. The second-order valence-corrected chi connectivity index (χ2v) is 10.2. The third-order valence-electron chi connectivity index (χ3n) is 6.15. The number of nitrogens with one attached hydrogen (secondary N) is 2. The Bertz CT molecular complexity index is 1320. The zero-order valence-corrected chi connectivity index (χ0v) is 21.9. The van der Waals surface area contributed by atoms with Gasteiger partial charge < -0.3 is 24.7 Å². The summed E-state index contributed by atoms with van der Waals surface area (Å²) < 4.78 is 11.6. The van der Waals surface area contributed by atoms with Crippen LogP contribution in [0, 0.1) is 0 Å². The lowest BCUT2D eigenvalue weighted by Crippen LogP contribution is -2.35. The third kappa shape index (κ3) is 5.92. The van der Waals surface area contributed by atoms with Crippen LogP contribution in [-0.4, -0.2) is 64.8 Å². The number of piperidine rings is 1. The first kappa shape index (κ1) is 24.8. The second kappa shape index (κ2) is 11.5. The average molecular weight is 525 g/mol. The van der Waals surface area contributed by atoms with Gasteiger partial charge in [-0.1, -0.05) is 29.4 Å². The summed E-state index contributed by atoms with van der Waals surface area (Å²) in [5, 5.41) is 5.71. The van der Waals surface area contributed by atoms with E-state index in [1.807, 2.05) is 42.6 Å². The number of likely N-dealkylation sites (tertiary alicyclic amines) is 1. The van der Waals surface area contributed by atoms with Gasteiger partial charge >= 0.3 is 0 Å². The van der Waals surface area contributed by atoms with Crippen LogP contribution in [0.3, 0.4) is 0 Å². The molecule has 0 saturated carbocycles. The smallest absolute Gasteiger partial charge is 0.170 e. The fourth-order valence-corrected chi connectivity index (χ4v) is 5.26. The number of aromatic amines is 1. The van der Waals surface area contributed by atoms with E-state index in [4.69, 9.17) is 21.1 Å². The highest BCUT2D eigenvalue weighted by molar-refractivity contribution is 7.99. The number of nitrogens with zero attached hydrogens (tertiary/aromatic N) is 4. The van der Waals surface area contributed by atoms with E-state index >= 15 is 0 Å². The quantitative estimate of drug-likeness (QED) is 0.294. The number of rotatable bonds is 9. The Hall–Kier alpha value is -2.85. The number of methoxy groups -OCH3 is 1. The van der Waals surface area contributed by atoms with Gasteiger partial charge in [0, 0.05) is 43.4 Å². The zero-order valence-electron chi connectivity index (χ0n) is 20.3. The Balaban J connectivity index is 1.34. The molecule has 188 valence electrons. The Labute approximate surface area is 219 Å². The molecule has 0 radical (unpaired) electrons. The molecule has 0 atom stereocenters. The molecule has 0 aliphatic carbocycles. The van der Waals surface area contributed by atoms with Gasteiger partial charge in [-0.15, -0.1) is 0 Å². The molecule has 0 bridgehead atoms. The van der Waals surface area contributed by atoms with Gasteiger partial charge in [-0.2, -0.15) is 0 Å². The Morgan fingerprint density at radius 2 is 2.06 bits per heavy atom. The largest absolute Gasteiger partial charge is 0.489 e. The molecule has 2 aromatic heterocycles. The molecular formula is C26H29ClN6O2S. The molecule has 4 aromatic rings. The minimum atomic E-state index is 0.183. The SMILES string of the molecule is COCCc1c[nH]c(Sc2ccc(Nc3ncnc4cccc(OC5CCN(C)CC5)c34)cc2Cl)n1. The molecule has 0 amide bonds. The molecule has 10 heteroatoms. The zero-order chi connectivity index (χ0) is 24.9. The van der Waals surface area contributed by atoms with Gasteiger partial charge in [0.05, 0.1) is 28.2 Å². The molecule has 1 fully saturated rings. The van der Waals surface area contributed by atoms with Crippen molar-refractivity contribution in [3.05, 3.63) is 59.6 Å². The monoisotopic (exact) mass is 524 g/mol. The summed E-state index contributed by atoms with van der Waals surface area (Å²) in [6.07, 6.45) is 6.41. The summed E-state index contributed by atoms with van der Waals surface area (Å²) in [5.41, 5.74) is 2.62. The van der Waals surface area contributed by atoms with Crippen molar-refractivity contribution in [3.63, 3.8) is 0 Å². The molecule has 1 aliphatic heterocycles. The van der Waals surface area contributed by atoms with Crippen molar-refractivity contribution in [2.45, 2.75) is 35.4 Å². The van der Waals surface area contributed by atoms with E-state index in [1.165, 1.54) is 11.8 Å². The second-order valence-electron chi connectivity index (χ2n) is 8.81. The van der Waals surface area contributed by atoms with Gasteiger partial charge in [0.2, 0.25) is 0 Å². The van der Waals surface area contributed by atoms with E-state index < -0.39 is 0 Å². The number of benzene rings is 2. The van der Waals surface area contributed by atoms with Crippen molar-refractivity contribution < 1.29 is 9.47 Å². The molecule has 0 unspecified atom stereocenters. The summed E-state index contributed by atoms with van der Waals surface area (Å²) in [4.78, 5) is 20.0. The summed E-state index contributed by atoms with van der Waals surface area (Å²) in [6.45, 7) is 2.71. The van der Waals surface area contributed by atoms with Gasteiger partial charge in [0.15, 0.2) is 5.16 Å². The molecule has 0 spiro atoms. The molecular weight excluding hydrogens is 496 g/mol. The number of ether oxygens (including phenoxy) is 2. The number of H-pyrrole nitrogens is 1. The van der Waals surface area contributed by atoms with Crippen LogP contribution in [0.5, 0.6) is 5.75 Å². The highest BCUT2D eigenvalue weighted by Gasteiger charge is 2.20.